The summed E-state index contributed by atoms with van der Waals surface area (Å²) in [5.41, 5.74) is 3.84. The summed E-state index contributed by atoms with van der Waals surface area (Å²) >= 11 is 0. The van der Waals surface area contributed by atoms with Gasteiger partial charge in [-0.1, -0.05) is 6.07 Å². The largest absolute Gasteiger partial charge is 0.370 e. The number of pyridine rings is 1. The number of hydrogen-bond acceptors (Lipinski definition) is 4. The highest BCUT2D eigenvalue weighted by molar-refractivity contribution is 5.33. The molecule has 1 fully saturated rings. The topological polar surface area (TPSA) is 46.0 Å². The van der Waals surface area contributed by atoms with Gasteiger partial charge in [0, 0.05) is 44.1 Å². The van der Waals surface area contributed by atoms with E-state index in [-0.39, 0.29) is 0 Å². The van der Waals surface area contributed by atoms with E-state index < -0.39 is 0 Å². The van der Waals surface area contributed by atoms with Crippen LogP contribution in [0.3, 0.4) is 0 Å². The molecule has 5 heteroatoms. The Morgan fingerprint density at radius 3 is 2.86 bits per heavy atom. The Labute approximate surface area is 132 Å². The van der Waals surface area contributed by atoms with E-state index in [1.807, 2.05) is 36.1 Å². The Hall–Kier alpha value is -1.88. The molecule has 3 rings (SSSR count). The van der Waals surface area contributed by atoms with Gasteiger partial charge in [-0.05, 0) is 44.9 Å². The summed E-state index contributed by atoms with van der Waals surface area (Å²) in [5, 5.41) is 7.96. The van der Waals surface area contributed by atoms with Crippen LogP contribution in [0.4, 0.5) is 5.82 Å². The molecule has 0 aromatic carbocycles. The van der Waals surface area contributed by atoms with Crippen molar-refractivity contribution in [3.05, 3.63) is 41.3 Å². The number of hydrogen-bond donors (Lipinski definition) is 1. The van der Waals surface area contributed by atoms with Crippen LogP contribution in [0, 0.1) is 19.8 Å². The normalized spacial score (nSPS) is 18.8. The number of nitrogens with zero attached hydrogens (tertiary/aromatic N) is 4. The molecule has 5 nitrogen and oxygen atoms in total. The van der Waals surface area contributed by atoms with Gasteiger partial charge in [0.15, 0.2) is 0 Å². The maximum Gasteiger partial charge on any atom is 0.125 e. The highest BCUT2D eigenvalue weighted by atomic mass is 15.3. The summed E-state index contributed by atoms with van der Waals surface area (Å²) in [7, 11) is 2.02. The van der Waals surface area contributed by atoms with Crippen molar-refractivity contribution in [3.8, 4) is 0 Å². The van der Waals surface area contributed by atoms with E-state index in [2.05, 4.69) is 34.1 Å². The standard InChI is InChI=1S/C17H25N5/c1-13-16(14(2)21(3)20-13)12-22-9-7-15(11-22)10-19-17-6-4-5-8-18-17/h4-6,8,15H,7,9-12H2,1-3H3,(H,18,19). The maximum atomic E-state index is 4.52. The van der Waals surface area contributed by atoms with Gasteiger partial charge in [-0.3, -0.25) is 9.58 Å². The minimum atomic E-state index is 0.694. The van der Waals surface area contributed by atoms with E-state index in [1.165, 1.54) is 24.2 Å². The van der Waals surface area contributed by atoms with Gasteiger partial charge in [-0.25, -0.2) is 4.98 Å². The van der Waals surface area contributed by atoms with Crippen molar-refractivity contribution in [2.45, 2.75) is 26.8 Å². The van der Waals surface area contributed by atoms with Gasteiger partial charge in [0.05, 0.1) is 5.69 Å². The fraction of sp³-hybridized carbons (Fsp3) is 0.529. The summed E-state index contributed by atoms with van der Waals surface area (Å²) < 4.78 is 1.99. The first kappa shape index (κ1) is 15.0. The van der Waals surface area contributed by atoms with Crippen LogP contribution in [-0.2, 0) is 13.6 Å². The van der Waals surface area contributed by atoms with E-state index >= 15 is 0 Å². The maximum absolute atomic E-state index is 4.52. The molecule has 1 unspecified atom stereocenters. The number of anilines is 1. The molecule has 0 amide bonds. The molecular weight excluding hydrogens is 274 g/mol. The van der Waals surface area contributed by atoms with Crippen LogP contribution < -0.4 is 5.32 Å². The molecule has 0 radical (unpaired) electrons. The lowest BCUT2D eigenvalue weighted by atomic mass is 10.1. The van der Waals surface area contributed by atoms with Gasteiger partial charge < -0.3 is 5.32 Å². The lowest BCUT2D eigenvalue weighted by Crippen LogP contribution is -2.23. The van der Waals surface area contributed by atoms with Gasteiger partial charge >= 0.3 is 0 Å². The van der Waals surface area contributed by atoms with E-state index in [4.69, 9.17) is 0 Å². The van der Waals surface area contributed by atoms with Gasteiger partial charge in [-0.2, -0.15) is 5.10 Å². The van der Waals surface area contributed by atoms with Crippen molar-refractivity contribution in [1.82, 2.24) is 19.7 Å². The lowest BCUT2D eigenvalue weighted by molar-refractivity contribution is 0.317. The SMILES string of the molecule is Cc1nn(C)c(C)c1CN1CCC(CNc2ccccn2)C1. The molecule has 1 aliphatic rings. The number of aryl methyl sites for hydroxylation is 2. The Kier molecular flexibility index (Phi) is 4.43. The lowest BCUT2D eigenvalue weighted by Gasteiger charge is -2.17. The summed E-state index contributed by atoms with van der Waals surface area (Å²) in [6, 6.07) is 5.99. The van der Waals surface area contributed by atoms with Crippen molar-refractivity contribution >= 4 is 5.82 Å². The molecule has 2 aromatic heterocycles. The van der Waals surface area contributed by atoms with Crippen LogP contribution in [0.2, 0.25) is 0 Å². The zero-order valence-corrected chi connectivity index (χ0v) is 13.7. The summed E-state index contributed by atoms with van der Waals surface area (Å²) in [6.45, 7) is 8.60. The fourth-order valence-corrected chi connectivity index (χ4v) is 3.21. The van der Waals surface area contributed by atoms with Crippen molar-refractivity contribution in [2.75, 3.05) is 25.0 Å². The predicted octanol–water partition coefficient (Wildman–Crippen LogP) is 2.37. The molecule has 1 atom stereocenters. The van der Waals surface area contributed by atoms with Gasteiger partial charge in [0.25, 0.3) is 0 Å². The van der Waals surface area contributed by atoms with Crippen LogP contribution in [0.25, 0.3) is 0 Å². The van der Waals surface area contributed by atoms with Crippen molar-refractivity contribution in [3.63, 3.8) is 0 Å². The summed E-state index contributed by atoms with van der Waals surface area (Å²) in [5.74, 6) is 1.67. The van der Waals surface area contributed by atoms with Crippen LogP contribution in [0.15, 0.2) is 24.4 Å². The van der Waals surface area contributed by atoms with Gasteiger partial charge in [0.2, 0.25) is 0 Å². The molecule has 1 aliphatic heterocycles. The Balaban J connectivity index is 1.52. The number of rotatable bonds is 5. The number of aromatic nitrogens is 3. The Bertz CT molecular complexity index is 619. The van der Waals surface area contributed by atoms with Gasteiger partial charge in [-0.15, -0.1) is 0 Å². The third-order valence-electron chi connectivity index (χ3n) is 4.65. The highest BCUT2D eigenvalue weighted by Gasteiger charge is 2.24. The number of likely N-dealkylation sites (tertiary alicyclic amines) is 1. The first-order valence-electron chi connectivity index (χ1n) is 8.00. The molecule has 3 heterocycles. The summed E-state index contributed by atoms with van der Waals surface area (Å²) in [6.07, 6.45) is 3.08. The highest BCUT2D eigenvalue weighted by Crippen LogP contribution is 2.21. The van der Waals surface area contributed by atoms with Gasteiger partial charge in [0.1, 0.15) is 5.82 Å². The van der Waals surface area contributed by atoms with Crippen LogP contribution >= 0.6 is 0 Å². The second-order valence-corrected chi connectivity index (χ2v) is 6.26. The molecule has 0 aliphatic carbocycles. The average molecular weight is 299 g/mol. The zero-order chi connectivity index (χ0) is 15.5. The van der Waals surface area contributed by atoms with Crippen LogP contribution in [-0.4, -0.2) is 39.3 Å². The first-order chi connectivity index (χ1) is 10.6. The monoisotopic (exact) mass is 299 g/mol. The summed E-state index contributed by atoms with van der Waals surface area (Å²) in [4.78, 5) is 6.86. The van der Waals surface area contributed by atoms with E-state index in [9.17, 15) is 0 Å². The zero-order valence-electron chi connectivity index (χ0n) is 13.7. The molecule has 2 aromatic rings. The molecule has 0 saturated carbocycles. The molecular formula is C17H25N5. The third-order valence-corrected chi connectivity index (χ3v) is 4.65. The molecule has 1 N–H and O–H groups in total. The average Bonchev–Trinajstić information content (AvgIpc) is 3.07. The van der Waals surface area contributed by atoms with Crippen molar-refractivity contribution in [2.24, 2.45) is 13.0 Å². The van der Waals surface area contributed by atoms with E-state index in [0.717, 1.165) is 31.1 Å². The molecule has 118 valence electrons. The third kappa shape index (κ3) is 3.30. The first-order valence-corrected chi connectivity index (χ1v) is 8.00. The quantitative estimate of drug-likeness (QED) is 0.920. The minimum Gasteiger partial charge on any atom is -0.370 e. The molecule has 1 saturated heterocycles. The van der Waals surface area contributed by atoms with Crippen molar-refractivity contribution < 1.29 is 0 Å². The molecule has 0 bridgehead atoms. The second kappa shape index (κ2) is 6.48. The molecule has 0 spiro atoms. The smallest absolute Gasteiger partial charge is 0.125 e. The van der Waals surface area contributed by atoms with Crippen LogP contribution in [0.1, 0.15) is 23.4 Å². The number of nitrogens with one attached hydrogen (secondary N) is 1. The Morgan fingerprint density at radius 2 is 2.18 bits per heavy atom. The predicted molar refractivity (Wildman–Crippen MR) is 88.8 cm³/mol. The second-order valence-electron chi connectivity index (χ2n) is 6.26. The van der Waals surface area contributed by atoms with Crippen molar-refractivity contribution in [1.29, 1.82) is 0 Å². The molecule has 22 heavy (non-hydrogen) atoms. The van der Waals surface area contributed by atoms with E-state index in [1.54, 1.807) is 0 Å². The van der Waals surface area contributed by atoms with E-state index in [0.29, 0.717) is 5.92 Å². The Morgan fingerprint density at radius 1 is 1.32 bits per heavy atom. The minimum absolute atomic E-state index is 0.694. The fourth-order valence-electron chi connectivity index (χ4n) is 3.21. The van der Waals surface area contributed by atoms with Crippen LogP contribution in [0.5, 0.6) is 0 Å².